The van der Waals surface area contributed by atoms with Crippen LogP contribution in [0.25, 0.3) is 0 Å². The first-order valence-corrected chi connectivity index (χ1v) is 6.78. The molecule has 0 amide bonds. The monoisotopic (exact) mass is 242 g/mol. The molecule has 2 atom stereocenters. The Labute approximate surface area is 102 Å². The van der Waals surface area contributed by atoms with Gasteiger partial charge >= 0.3 is 0 Å². The SMILES string of the molecule is CCCNC(c1cncs1)C(C)CCOC. The van der Waals surface area contributed by atoms with Crippen LogP contribution in [0.1, 0.15) is 37.6 Å². The molecule has 0 fully saturated rings. The van der Waals surface area contributed by atoms with Crippen LogP contribution in [-0.4, -0.2) is 25.2 Å². The summed E-state index contributed by atoms with van der Waals surface area (Å²) < 4.78 is 5.14. The first-order chi connectivity index (χ1) is 7.79. The molecular formula is C12H22N2OS. The number of nitrogens with one attached hydrogen (secondary N) is 1. The van der Waals surface area contributed by atoms with Crippen molar-refractivity contribution >= 4 is 11.3 Å². The molecule has 0 aliphatic carbocycles. The third kappa shape index (κ3) is 4.20. The van der Waals surface area contributed by atoms with Crippen LogP contribution in [-0.2, 0) is 4.74 Å². The molecule has 0 aliphatic heterocycles. The van der Waals surface area contributed by atoms with E-state index >= 15 is 0 Å². The summed E-state index contributed by atoms with van der Waals surface area (Å²) >= 11 is 1.73. The van der Waals surface area contributed by atoms with E-state index in [1.807, 2.05) is 11.7 Å². The van der Waals surface area contributed by atoms with Crippen LogP contribution in [0, 0.1) is 5.92 Å². The predicted octanol–water partition coefficient (Wildman–Crippen LogP) is 2.86. The molecule has 1 heterocycles. The molecule has 0 spiro atoms. The maximum absolute atomic E-state index is 5.14. The van der Waals surface area contributed by atoms with Gasteiger partial charge in [-0.2, -0.15) is 0 Å². The van der Waals surface area contributed by atoms with Gasteiger partial charge in [-0.05, 0) is 25.3 Å². The minimum absolute atomic E-state index is 0.419. The number of ether oxygens (including phenoxy) is 1. The van der Waals surface area contributed by atoms with E-state index in [1.165, 1.54) is 4.88 Å². The number of hydrogen-bond donors (Lipinski definition) is 1. The van der Waals surface area contributed by atoms with Gasteiger partial charge in [0.05, 0.1) is 5.51 Å². The van der Waals surface area contributed by atoms with E-state index in [2.05, 4.69) is 24.1 Å². The smallest absolute Gasteiger partial charge is 0.0794 e. The Kier molecular flexibility index (Phi) is 6.61. The lowest BCUT2D eigenvalue weighted by molar-refractivity contribution is 0.170. The maximum atomic E-state index is 5.14. The van der Waals surface area contributed by atoms with E-state index in [9.17, 15) is 0 Å². The second-order valence-corrected chi connectivity index (χ2v) is 5.01. The van der Waals surface area contributed by atoms with Gasteiger partial charge in [0.2, 0.25) is 0 Å². The first-order valence-electron chi connectivity index (χ1n) is 5.90. The average Bonchev–Trinajstić information content (AvgIpc) is 2.80. The summed E-state index contributed by atoms with van der Waals surface area (Å²) in [4.78, 5) is 5.49. The Morgan fingerprint density at radius 3 is 2.94 bits per heavy atom. The Hall–Kier alpha value is -0.450. The lowest BCUT2D eigenvalue weighted by atomic mass is 9.97. The number of thiazole rings is 1. The van der Waals surface area contributed by atoms with Gasteiger partial charge in [0.25, 0.3) is 0 Å². The molecule has 0 bridgehead atoms. The molecule has 1 rings (SSSR count). The van der Waals surface area contributed by atoms with Crippen molar-refractivity contribution in [2.45, 2.75) is 32.7 Å². The van der Waals surface area contributed by atoms with Crippen LogP contribution in [0.15, 0.2) is 11.7 Å². The van der Waals surface area contributed by atoms with E-state index < -0.39 is 0 Å². The second kappa shape index (κ2) is 7.76. The highest BCUT2D eigenvalue weighted by atomic mass is 32.1. The molecule has 3 nitrogen and oxygen atoms in total. The Morgan fingerprint density at radius 2 is 2.38 bits per heavy atom. The molecule has 0 radical (unpaired) electrons. The molecule has 1 N–H and O–H groups in total. The molecule has 0 saturated heterocycles. The van der Waals surface area contributed by atoms with Gasteiger partial charge in [0.15, 0.2) is 0 Å². The van der Waals surface area contributed by atoms with Gasteiger partial charge in [-0.15, -0.1) is 11.3 Å². The summed E-state index contributed by atoms with van der Waals surface area (Å²) in [5, 5.41) is 3.60. The van der Waals surface area contributed by atoms with Crippen LogP contribution in [0.5, 0.6) is 0 Å². The van der Waals surface area contributed by atoms with Crippen molar-refractivity contribution in [1.82, 2.24) is 10.3 Å². The van der Waals surface area contributed by atoms with Gasteiger partial charge in [0, 0.05) is 30.8 Å². The zero-order chi connectivity index (χ0) is 11.8. The van der Waals surface area contributed by atoms with Crippen molar-refractivity contribution < 1.29 is 4.74 Å². The maximum Gasteiger partial charge on any atom is 0.0794 e. The number of methoxy groups -OCH3 is 1. The van der Waals surface area contributed by atoms with E-state index in [0.717, 1.165) is 26.0 Å². The summed E-state index contributed by atoms with van der Waals surface area (Å²) in [6, 6.07) is 0.419. The lowest BCUT2D eigenvalue weighted by Gasteiger charge is -2.23. The molecule has 1 aromatic heterocycles. The summed E-state index contributed by atoms with van der Waals surface area (Å²) in [5.74, 6) is 0.576. The van der Waals surface area contributed by atoms with Crippen LogP contribution in [0.2, 0.25) is 0 Å². The number of hydrogen-bond acceptors (Lipinski definition) is 4. The molecular weight excluding hydrogens is 220 g/mol. The quantitative estimate of drug-likeness (QED) is 0.761. The number of aromatic nitrogens is 1. The largest absolute Gasteiger partial charge is 0.385 e. The molecule has 16 heavy (non-hydrogen) atoms. The van der Waals surface area contributed by atoms with Crippen molar-refractivity contribution in [3.63, 3.8) is 0 Å². The topological polar surface area (TPSA) is 34.2 Å². The zero-order valence-electron chi connectivity index (χ0n) is 10.4. The molecule has 0 saturated carbocycles. The lowest BCUT2D eigenvalue weighted by Crippen LogP contribution is -2.27. The third-order valence-electron chi connectivity index (χ3n) is 2.72. The molecule has 0 aliphatic rings. The van der Waals surface area contributed by atoms with Crippen molar-refractivity contribution in [3.8, 4) is 0 Å². The van der Waals surface area contributed by atoms with E-state index in [1.54, 1.807) is 18.4 Å². The van der Waals surface area contributed by atoms with Gasteiger partial charge in [-0.3, -0.25) is 4.98 Å². The highest BCUT2D eigenvalue weighted by molar-refractivity contribution is 7.09. The van der Waals surface area contributed by atoms with E-state index in [-0.39, 0.29) is 0 Å². The van der Waals surface area contributed by atoms with Gasteiger partial charge < -0.3 is 10.1 Å². The van der Waals surface area contributed by atoms with Crippen LogP contribution >= 0.6 is 11.3 Å². The van der Waals surface area contributed by atoms with E-state index in [0.29, 0.717) is 12.0 Å². The molecule has 0 aromatic carbocycles. The zero-order valence-corrected chi connectivity index (χ0v) is 11.2. The van der Waals surface area contributed by atoms with Crippen molar-refractivity contribution in [2.24, 2.45) is 5.92 Å². The van der Waals surface area contributed by atoms with Crippen LogP contribution in [0.3, 0.4) is 0 Å². The third-order valence-corrected chi connectivity index (χ3v) is 3.58. The highest BCUT2D eigenvalue weighted by Crippen LogP contribution is 2.27. The Balaban J connectivity index is 2.56. The first kappa shape index (κ1) is 13.6. The molecule has 2 unspecified atom stereocenters. The Morgan fingerprint density at radius 1 is 1.56 bits per heavy atom. The van der Waals surface area contributed by atoms with Crippen LogP contribution in [0.4, 0.5) is 0 Å². The second-order valence-electron chi connectivity index (χ2n) is 4.09. The van der Waals surface area contributed by atoms with E-state index in [4.69, 9.17) is 4.74 Å². The van der Waals surface area contributed by atoms with Crippen molar-refractivity contribution in [3.05, 3.63) is 16.6 Å². The van der Waals surface area contributed by atoms with Crippen LogP contribution < -0.4 is 5.32 Å². The number of rotatable bonds is 8. The van der Waals surface area contributed by atoms with Gasteiger partial charge in [0.1, 0.15) is 0 Å². The normalized spacial score (nSPS) is 14.9. The van der Waals surface area contributed by atoms with Gasteiger partial charge in [-0.1, -0.05) is 13.8 Å². The van der Waals surface area contributed by atoms with Crippen molar-refractivity contribution in [1.29, 1.82) is 0 Å². The number of nitrogens with zero attached hydrogens (tertiary/aromatic N) is 1. The van der Waals surface area contributed by atoms with Gasteiger partial charge in [-0.25, -0.2) is 0 Å². The fraction of sp³-hybridized carbons (Fsp3) is 0.750. The molecule has 92 valence electrons. The Bertz CT molecular complexity index is 264. The molecule has 4 heteroatoms. The highest BCUT2D eigenvalue weighted by Gasteiger charge is 2.19. The minimum Gasteiger partial charge on any atom is -0.385 e. The minimum atomic E-state index is 0.419. The summed E-state index contributed by atoms with van der Waals surface area (Å²) in [7, 11) is 1.76. The standard InChI is InChI=1S/C12H22N2OS/c1-4-6-14-12(10(2)5-7-15-3)11-8-13-9-16-11/h8-10,12,14H,4-7H2,1-3H3. The summed E-state index contributed by atoms with van der Waals surface area (Å²) in [6.45, 7) is 6.34. The predicted molar refractivity (Wildman–Crippen MR) is 68.8 cm³/mol. The fourth-order valence-electron chi connectivity index (χ4n) is 1.73. The van der Waals surface area contributed by atoms with Crippen molar-refractivity contribution in [2.75, 3.05) is 20.3 Å². The molecule has 1 aromatic rings. The fourth-order valence-corrected chi connectivity index (χ4v) is 2.56. The summed E-state index contributed by atoms with van der Waals surface area (Å²) in [5.41, 5.74) is 1.90. The average molecular weight is 242 g/mol. The summed E-state index contributed by atoms with van der Waals surface area (Å²) in [6.07, 6.45) is 4.21.